The summed E-state index contributed by atoms with van der Waals surface area (Å²) < 4.78 is 11.5. The van der Waals surface area contributed by atoms with E-state index in [-0.39, 0.29) is 0 Å². The highest BCUT2D eigenvalue weighted by molar-refractivity contribution is 5.71. The molecule has 0 spiro atoms. The fraction of sp³-hybridized carbons (Fsp3) is 0.700. The van der Waals surface area contributed by atoms with Crippen LogP contribution in [0, 0.1) is 5.92 Å². The summed E-state index contributed by atoms with van der Waals surface area (Å²) in [6, 6.07) is 2.34. The van der Waals surface area contributed by atoms with Crippen LogP contribution < -0.4 is 15.0 Å². The third kappa shape index (κ3) is 3.14. The van der Waals surface area contributed by atoms with Gasteiger partial charge in [0, 0.05) is 13.7 Å². The van der Waals surface area contributed by atoms with Gasteiger partial charge in [-0.2, -0.15) is 0 Å². The zero-order valence-electron chi connectivity index (χ0n) is 15.1. The summed E-state index contributed by atoms with van der Waals surface area (Å²) in [4.78, 5) is 2.58. The monoisotopic (exact) mass is 330 g/mol. The highest BCUT2D eigenvalue weighted by Gasteiger charge is 2.35. The second-order valence-corrected chi connectivity index (χ2v) is 7.65. The average molecular weight is 330 g/mol. The van der Waals surface area contributed by atoms with Gasteiger partial charge < -0.3 is 19.7 Å². The highest BCUT2D eigenvalue weighted by atomic mass is 16.5. The molecule has 0 aromatic heterocycles. The summed E-state index contributed by atoms with van der Waals surface area (Å²) in [5, 5.41) is 3.56. The average Bonchev–Trinajstić information content (AvgIpc) is 3.40. The molecule has 1 fully saturated rings. The number of fused-ring (bicyclic) bond motifs is 2. The smallest absolute Gasteiger partial charge is 0.143 e. The van der Waals surface area contributed by atoms with Crippen LogP contribution in [0.3, 0.4) is 0 Å². The van der Waals surface area contributed by atoms with Crippen molar-refractivity contribution >= 4 is 5.69 Å². The molecule has 2 heterocycles. The van der Waals surface area contributed by atoms with Crippen molar-refractivity contribution in [3.8, 4) is 5.75 Å². The van der Waals surface area contributed by atoms with Crippen molar-refractivity contribution in [2.24, 2.45) is 5.92 Å². The Morgan fingerprint density at radius 1 is 1.33 bits per heavy atom. The Labute approximate surface area is 145 Å². The van der Waals surface area contributed by atoms with E-state index in [0.29, 0.717) is 5.92 Å². The van der Waals surface area contributed by atoms with Crippen LogP contribution in [-0.4, -0.2) is 46.5 Å². The number of rotatable bonds is 5. The normalized spacial score (nSPS) is 21.5. The SMILES string of the molecule is COC[C@H](C)CN1CCOc2cc3c(c(C4CC4)c21)CCNCC3. The molecule has 4 nitrogen and oxygen atoms in total. The lowest BCUT2D eigenvalue weighted by atomic mass is 9.90. The molecule has 1 aromatic rings. The van der Waals surface area contributed by atoms with Crippen LogP contribution in [-0.2, 0) is 17.6 Å². The summed E-state index contributed by atoms with van der Waals surface area (Å²) in [5.41, 5.74) is 6.17. The van der Waals surface area contributed by atoms with Gasteiger partial charge in [-0.25, -0.2) is 0 Å². The molecule has 1 aromatic carbocycles. The minimum Gasteiger partial charge on any atom is -0.490 e. The molecule has 1 atom stereocenters. The maximum Gasteiger partial charge on any atom is 0.143 e. The highest BCUT2D eigenvalue weighted by Crippen LogP contribution is 2.51. The van der Waals surface area contributed by atoms with Gasteiger partial charge in [0.15, 0.2) is 0 Å². The van der Waals surface area contributed by atoms with E-state index in [2.05, 4.69) is 23.2 Å². The molecule has 1 N–H and O–H groups in total. The molecule has 1 saturated carbocycles. The first-order valence-corrected chi connectivity index (χ1v) is 9.54. The molecule has 0 radical (unpaired) electrons. The molecule has 0 unspecified atom stereocenters. The van der Waals surface area contributed by atoms with Gasteiger partial charge in [-0.1, -0.05) is 6.92 Å². The number of benzene rings is 1. The number of hydrogen-bond donors (Lipinski definition) is 1. The Morgan fingerprint density at radius 2 is 2.17 bits per heavy atom. The van der Waals surface area contributed by atoms with Crippen LogP contribution >= 0.6 is 0 Å². The molecule has 0 saturated heterocycles. The van der Waals surface area contributed by atoms with Gasteiger partial charge in [0.25, 0.3) is 0 Å². The van der Waals surface area contributed by atoms with E-state index in [1.807, 2.05) is 0 Å². The number of methoxy groups -OCH3 is 1. The Kier molecular flexibility index (Phi) is 4.68. The predicted molar refractivity (Wildman–Crippen MR) is 97.4 cm³/mol. The van der Waals surface area contributed by atoms with Crippen LogP contribution in [0.1, 0.15) is 42.4 Å². The van der Waals surface area contributed by atoms with E-state index < -0.39 is 0 Å². The molecule has 3 aliphatic rings. The van der Waals surface area contributed by atoms with Crippen LogP contribution in [0.4, 0.5) is 5.69 Å². The third-order valence-corrected chi connectivity index (χ3v) is 5.53. The van der Waals surface area contributed by atoms with E-state index in [0.717, 1.165) is 63.9 Å². The van der Waals surface area contributed by atoms with Gasteiger partial charge >= 0.3 is 0 Å². The van der Waals surface area contributed by atoms with Crippen LogP contribution in [0.5, 0.6) is 5.75 Å². The fourth-order valence-corrected chi connectivity index (χ4v) is 4.36. The zero-order valence-corrected chi connectivity index (χ0v) is 15.1. The Hall–Kier alpha value is -1.26. The molecule has 2 aliphatic heterocycles. The number of hydrogen-bond acceptors (Lipinski definition) is 4. The van der Waals surface area contributed by atoms with Gasteiger partial charge in [0.05, 0.1) is 18.8 Å². The maximum absolute atomic E-state index is 6.13. The Balaban J connectivity index is 1.74. The summed E-state index contributed by atoms with van der Waals surface area (Å²) in [5.74, 6) is 2.43. The first-order valence-electron chi connectivity index (χ1n) is 9.54. The Morgan fingerprint density at radius 3 is 2.96 bits per heavy atom. The van der Waals surface area contributed by atoms with E-state index in [1.165, 1.54) is 24.1 Å². The summed E-state index contributed by atoms with van der Waals surface area (Å²) >= 11 is 0. The second kappa shape index (κ2) is 6.93. The minimum atomic E-state index is 0.536. The molecule has 132 valence electrons. The molecule has 24 heavy (non-hydrogen) atoms. The first-order chi connectivity index (χ1) is 11.8. The van der Waals surface area contributed by atoms with Crippen LogP contribution in [0.2, 0.25) is 0 Å². The van der Waals surface area contributed by atoms with E-state index >= 15 is 0 Å². The third-order valence-electron chi connectivity index (χ3n) is 5.53. The largest absolute Gasteiger partial charge is 0.490 e. The van der Waals surface area contributed by atoms with Crippen molar-refractivity contribution < 1.29 is 9.47 Å². The van der Waals surface area contributed by atoms with Crippen LogP contribution in [0.15, 0.2) is 6.07 Å². The maximum atomic E-state index is 6.13. The van der Waals surface area contributed by atoms with Gasteiger partial charge in [-0.15, -0.1) is 0 Å². The predicted octanol–water partition coefficient (Wildman–Crippen LogP) is 2.73. The van der Waals surface area contributed by atoms with Crippen molar-refractivity contribution in [2.45, 2.75) is 38.5 Å². The lowest BCUT2D eigenvalue weighted by molar-refractivity contribution is 0.160. The van der Waals surface area contributed by atoms with Crippen molar-refractivity contribution in [3.05, 3.63) is 22.8 Å². The van der Waals surface area contributed by atoms with Gasteiger partial charge in [0.1, 0.15) is 12.4 Å². The lowest BCUT2D eigenvalue weighted by Gasteiger charge is -2.36. The molecule has 0 amide bonds. The van der Waals surface area contributed by atoms with E-state index in [9.17, 15) is 0 Å². The number of nitrogens with one attached hydrogen (secondary N) is 1. The van der Waals surface area contributed by atoms with Crippen molar-refractivity contribution in [2.75, 3.05) is 51.4 Å². The standard InChI is InChI=1S/C20H30N2O2/c1-14(13-23-2)12-22-9-10-24-18-11-16-5-7-21-8-6-17(16)19(20(18)22)15-3-4-15/h11,14-15,21H,3-10,12-13H2,1-2H3/t14-/m1/s1. The molecule has 0 bridgehead atoms. The molecule has 1 aliphatic carbocycles. The molecular weight excluding hydrogens is 300 g/mol. The van der Waals surface area contributed by atoms with Gasteiger partial charge in [-0.05, 0) is 73.4 Å². The van der Waals surface area contributed by atoms with Gasteiger partial charge in [0.2, 0.25) is 0 Å². The minimum absolute atomic E-state index is 0.536. The second-order valence-electron chi connectivity index (χ2n) is 7.65. The van der Waals surface area contributed by atoms with E-state index in [1.54, 1.807) is 18.2 Å². The fourth-order valence-electron chi connectivity index (χ4n) is 4.36. The topological polar surface area (TPSA) is 33.7 Å². The summed E-state index contributed by atoms with van der Waals surface area (Å²) in [7, 11) is 1.80. The number of anilines is 1. The van der Waals surface area contributed by atoms with Crippen molar-refractivity contribution in [3.63, 3.8) is 0 Å². The summed E-state index contributed by atoms with van der Waals surface area (Å²) in [6.07, 6.45) is 4.98. The van der Waals surface area contributed by atoms with Crippen molar-refractivity contribution in [1.82, 2.24) is 5.32 Å². The first kappa shape index (κ1) is 16.2. The van der Waals surface area contributed by atoms with Crippen LogP contribution in [0.25, 0.3) is 0 Å². The Bertz CT molecular complexity index is 598. The summed E-state index contributed by atoms with van der Waals surface area (Å²) in [6.45, 7) is 8.15. The van der Waals surface area contributed by atoms with Gasteiger partial charge in [-0.3, -0.25) is 0 Å². The zero-order chi connectivity index (χ0) is 16.5. The molecule has 4 heteroatoms. The van der Waals surface area contributed by atoms with E-state index in [4.69, 9.17) is 9.47 Å². The number of nitrogens with zero attached hydrogens (tertiary/aromatic N) is 1. The lowest BCUT2D eigenvalue weighted by Crippen LogP contribution is -2.38. The number of ether oxygens (including phenoxy) is 2. The molecular formula is C20H30N2O2. The van der Waals surface area contributed by atoms with Crippen molar-refractivity contribution in [1.29, 1.82) is 0 Å². The quantitative estimate of drug-likeness (QED) is 0.900. The molecule has 4 rings (SSSR count).